The zero-order chi connectivity index (χ0) is 10.1. The second-order valence-corrected chi connectivity index (χ2v) is 4.82. The topological polar surface area (TPSA) is 32.7 Å². The van der Waals surface area contributed by atoms with Crippen molar-refractivity contribution in [2.75, 3.05) is 20.3 Å². The Hall–Kier alpha value is -0.120. The molecule has 1 saturated heterocycles. The van der Waals surface area contributed by atoms with Crippen molar-refractivity contribution >= 4 is 0 Å². The summed E-state index contributed by atoms with van der Waals surface area (Å²) in [4.78, 5) is 2.32. The third kappa shape index (κ3) is 2.66. The molecule has 3 nitrogen and oxygen atoms in total. The van der Waals surface area contributed by atoms with Crippen molar-refractivity contribution in [3.05, 3.63) is 0 Å². The number of aliphatic hydroxyl groups is 1. The molecule has 13 heavy (non-hydrogen) atoms. The molecule has 78 valence electrons. The van der Waals surface area contributed by atoms with Crippen LogP contribution in [0.1, 0.15) is 27.2 Å². The zero-order valence-corrected chi connectivity index (χ0v) is 9.08. The van der Waals surface area contributed by atoms with Crippen LogP contribution in [0.5, 0.6) is 0 Å². The summed E-state index contributed by atoms with van der Waals surface area (Å²) >= 11 is 0. The average Bonchev–Trinajstić information content (AvgIpc) is 2.30. The molecule has 0 aliphatic carbocycles. The average molecular weight is 187 g/mol. The SMILES string of the molecule is COCC1CC(O)CN1C(C)(C)C. The van der Waals surface area contributed by atoms with Crippen LogP contribution in [0.2, 0.25) is 0 Å². The van der Waals surface area contributed by atoms with Gasteiger partial charge in [0.2, 0.25) is 0 Å². The van der Waals surface area contributed by atoms with Crippen molar-refractivity contribution < 1.29 is 9.84 Å². The highest BCUT2D eigenvalue weighted by Crippen LogP contribution is 2.26. The summed E-state index contributed by atoms with van der Waals surface area (Å²) in [6, 6.07) is 0.375. The van der Waals surface area contributed by atoms with Gasteiger partial charge in [0.05, 0.1) is 12.7 Å². The highest BCUT2D eigenvalue weighted by Gasteiger charge is 2.37. The quantitative estimate of drug-likeness (QED) is 0.696. The summed E-state index contributed by atoms with van der Waals surface area (Å²) in [7, 11) is 1.71. The molecule has 3 heteroatoms. The minimum absolute atomic E-state index is 0.126. The van der Waals surface area contributed by atoms with Crippen LogP contribution in [0, 0.1) is 0 Å². The molecule has 1 aliphatic heterocycles. The van der Waals surface area contributed by atoms with Crippen LogP contribution in [0.25, 0.3) is 0 Å². The van der Waals surface area contributed by atoms with Crippen molar-refractivity contribution in [3.63, 3.8) is 0 Å². The lowest BCUT2D eigenvalue weighted by Gasteiger charge is -2.36. The van der Waals surface area contributed by atoms with Gasteiger partial charge in [-0.1, -0.05) is 0 Å². The third-order valence-electron chi connectivity index (χ3n) is 2.61. The Bertz CT molecular complexity index is 165. The maximum atomic E-state index is 9.56. The molecular weight excluding hydrogens is 166 g/mol. The van der Waals surface area contributed by atoms with E-state index in [4.69, 9.17) is 4.74 Å². The van der Waals surface area contributed by atoms with Crippen molar-refractivity contribution in [1.82, 2.24) is 4.90 Å². The molecule has 1 N–H and O–H groups in total. The molecule has 2 unspecified atom stereocenters. The first-order valence-electron chi connectivity index (χ1n) is 4.89. The first kappa shape index (κ1) is 11.0. The fraction of sp³-hybridized carbons (Fsp3) is 1.00. The van der Waals surface area contributed by atoms with Gasteiger partial charge in [0.1, 0.15) is 0 Å². The van der Waals surface area contributed by atoms with E-state index in [0.717, 1.165) is 13.0 Å². The Kier molecular flexibility index (Phi) is 3.33. The molecule has 0 bridgehead atoms. The summed E-state index contributed by atoms with van der Waals surface area (Å²) in [6.45, 7) is 8.01. The van der Waals surface area contributed by atoms with Gasteiger partial charge >= 0.3 is 0 Å². The van der Waals surface area contributed by atoms with Crippen LogP contribution < -0.4 is 0 Å². The van der Waals surface area contributed by atoms with E-state index in [-0.39, 0.29) is 11.6 Å². The summed E-state index contributed by atoms with van der Waals surface area (Å²) < 4.78 is 5.15. The van der Waals surface area contributed by atoms with Gasteiger partial charge in [0, 0.05) is 25.2 Å². The smallest absolute Gasteiger partial charge is 0.0683 e. The number of ether oxygens (including phenoxy) is 1. The standard InChI is InChI=1S/C10H21NO2/c1-10(2,3)11-6-9(12)5-8(11)7-13-4/h8-9,12H,5-7H2,1-4H3. The van der Waals surface area contributed by atoms with Crippen molar-refractivity contribution in [2.45, 2.75) is 44.9 Å². The normalized spacial score (nSPS) is 31.2. The Balaban J connectivity index is 2.60. The first-order valence-corrected chi connectivity index (χ1v) is 4.89. The van der Waals surface area contributed by atoms with Crippen LogP contribution in [-0.2, 0) is 4.74 Å². The molecule has 1 rings (SSSR count). The van der Waals surface area contributed by atoms with E-state index in [1.165, 1.54) is 0 Å². The lowest BCUT2D eigenvalue weighted by Crippen LogP contribution is -2.46. The van der Waals surface area contributed by atoms with Gasteiger partial charge in [0.25, 0.3) is 0 Å². The van der Waals surface area contributed by atoms with Gasteiger partial charge in [-0.25, -0.2) is 0 Å². The molecule has 2 atom stereocenters. The Labute approximate surface area is 80.7 Å². The molecule has 0 saturated carbocycles. The number of hydrogen-bond acceptors (Lipinski definition) is 3. The van der Waals surface area contributed by atoms with Gasteiger partial charge in [-0.15, -0.1) is 0 Å². The maximum absolute atomic E-state index is 9.56. The summed E-state index contributed by atoms with van der Waals surface area (Å²) in [5, 5.41) is 9.56. The van der Waals surface area contributed by atoms with Gasteiger partial charge in [-0.05, 0) is 27.2 Å². The van der Waals surface area contributed by atoms with E-state index < -0.39 is 0 Å². The minimum Gasteiger partial charge on any atom is -0.392 e. The summed E-state index contributed by atoms with van der Waals surface area (Å²) in [5.74, 6) is 0. The largest absolute Gasteiger partial charge is 0.392 e. The van der Waals surface area contributed by atoms with Crippen LogP contribution in [-0.4, -0.2) is 48.0 Å². The molecule has 0 amide bonds. The first-order chi connectivity index (χ1) is 5.95. The maximum Gasteiger partial charge on any atom is 0.0683 e. The second-order valence-electron chi connectivity index (χ2n) is 4.82. The van der Waals surface area contributed by atoms with E-state index in [0.29, 0.717) is 12.6 Å². The van der Waals surface area contributed by atoms with E-state index in [9.17, 15) is 5.11 Å². The number of hydrogen-bond donors (Lipinski definition) is 1. The fourth-order valence-electron chi connectivity index (χ4n) is 2.06. The molecule has 1 aliphatic rings. The van der Waals surface area contributed by atoms with Crippen LogP contribution in [0.3, 0.4) is 0 Å². The number of aliphatic hydroxyl groups excluding tert-OH is 1. The zero-order valence-electron chi connectivity index (χ0n) is 9.08. The molecule has 1 fully saturated rings. The van der Waals surface area contributed by atoms with Gasteiger partial charge < -0.3 is 9.84 Å². The van der Waals surface area contributed by atoms with E-state index in [1.807, 2.05) is 0 Å². The Morgan fingerprint density at radius 1 is 1.46 bits per heavy atom. The van der Waals surface area contributed by atoms with Gasteiger partial charge in [-0.2, -0.15) is 0 Å². The lowest BCUT2D eigenvalue weighted by molar-refractivity contribution is 0.0577. The second kappa shape index (κ2) is 3.95. The number of methoxy groups -OCH3 is 1. The molecule has 1 heterocycles. The molecule has 0 aromatic rings. The Morgan fingerprint density at radius 2 is 2.08 bits per heavy atom. The van der Waals surface area contributed by atoms with E-state index >= 15 is 0 Å². The van der Waals surface area contributed by atoms with Crippen molar-refractivity contribution in [2.24, 2.45) is 0 Å². The number of nitrogens with zero attached hydrogens (tertiary/aromatic N) is 1. The summed E-state index contributed by atoms with van der Waals surface area (Å²) in [5.41, 5.74) is 0.126. The van der Waals surface area contributed by atoms with Crippen LogP contribution in [0.15, 0.2) is 0 Å². The molecule has 0 aromatic carbocycles. The van der Waals surface area contributed by atoms with Crippen LogP contribution >= 0.6 is 0 Å². The van der Waals surface area contributed by atoms with E-state index in [2.05, 4.69) is 25.7 Å². The number of rotatable bonds is 2. The predicted molar refractivity (Wildman–Crippen MR) is 52.7 cm³/mol. The molecule has 0 spiro atoms. The monoisotopic (exact) mass is 187 g/mol. The minimum atomic E-state index is -0.181. The highest BCUT2D eigenvalue weighted by atomic mass is 16.5. The van der Waals surface area contributed by atoms with E-state index in [1.54, 1.807) is 7.11 Å². The molecular formula is C10H21NO2. The number of β-amino-alcohol motifs (C(OH)–C–C–N with tert-alkyl or cyclic N) is 1. The predicted octanol–water partition coefficient (Wildman–Crippen LogP) is 0.866. The highest BCUT2D eigenvalue weighted by molar-refractivity contribution is 4.91. The third-order valence-corrected chi connectivity index (χ3v) is 2.61. The summed E-state index contributed by atoms with van der Waals surface area (Å²) in [6.07, 6.45) is 0.657. The molecule has 0 aromatic heterocycles. The number of likely N-dealkylation sites (tertiary alicyclic amines) is 1. The van der Waals surface area contributed by atoms with Gasteiger partial charge in [0.15, 0.2) is 0 Å². The molecule has 0 radical (unpaired) electrons. The fourth-order valence-corrected chi connectivity index (χ4v) is 2.06. The Morgan fingerprint density at radius 3 is 2.54 bits per heavy atom. The van der Waals surface area contributed by atoms with Gasteiger partial charge in [-0.3, -0.25) is 4.90 Å². The van der Waals surface area contributed by atoms with Crippen molar-refractivity contribution in [3.8, 4) is 0 Å². The lowest BCUT2D eigenvalue weighted by atomic mass is 10.1. The van der Waals surface area contributed by atoms with Crippen molar-refractivity contribution in [1.29, 1.82) is 0 Å². The van der Waals surface area contributed by atoms with Crippen LogP contribution in [0.4, 0.5) is 0 Å².